The second kappa shape index (κ2) is 7.00. The molecule has 0 saturated carbocycles. The molecule has 26 heavy (non-hydrogen) atoms. The third-order valence-corrected chi connectivity index (χ3v) is 4.03. The first-order valence-corrected chi connectivity index (χ1v) is 8.03. The predicted octanol–water partition coefficient (Wildman–Crippen LogP) is 2.85. The van der Waals surface area contributed by atoms with Crippen molar-refractivity contribution in [2.45, 2.75) is 6.54 Å². The summed E-state index contributed by atoms with van der Waals surface area (Å²) < 4.78 is 15.5. The van der Waals surface area contributed by atoms with Crippen molar-refractivity contribution in [3.05, 3.63) is 73.5 Å². The molecular formula is C16H10BrFN4O4. The summed E-state index contributed by atoms with van der Waals surface area (Å²) >= 11 is 3.26. The number of hydrogen-bond acceptors (Lipinski definition) is 5. The third-order valence-electron chi connectivity index (χ3n) is 3.53. The molecule has 132 valence electrons. The Bertz CT molecular complexity index is 1100. The Kier molecular flexibility index (Phi) is 4.76. The van der Waals surface area contributed by atoms with E-state index in [9.17, 15) is 24.1 Å². The standard InChI is InChI=1S/C16H10BrFN4O4/c17-9-1-4-13-11(5-9)16(24)21(8-19-13)7-15(23)20-14-6-10(22(25)26)2-3-12(14)18/h1-6,8H,7H2,(H,20,23). The van der Waals surface area contributed by atoms with E-state index in [0.29, 0.717) is 15.4 Å². The van der Waals surface area contributed by atoms with Gasteiger partial charge in [-0.15, -0.1) is 0 Å². The first kappa shape index (κ1) is 17.7. The monoisotopic (exact) mass is 420 g/mol. The van der Waals surface area contributed by atoms with Gasteiger partial charge in [-0.05, 0) is 24.3 Å². The number of nitrogens with zero attached hydrogens (tertiary/aromatic N) is 3. The van der Waals surface area contributed by atoms with E-state index in [1.807, 2.05) is 0 Å². The molecule has 0 spiro atoms. The Hall–Kier alpha value is -3.14. The highest BCUT2D eigenvalue weighted by atomic mass is 79.9. The lowest BCUT2D eigenvalue weighted by molar-refractivity contribution is -0.384. The number of nitrogens with one attached hydrogen (secondary N) is 1. The van der Waals surface area contributed by atoms with Crippen LogP contribution in [0.15, 0.2) is 52.0 Å². The molecule has 0 aliphatic heterocycles. The largest absolute Gasteiger partial charge is 0.322 e. The zero-order valence-corrected chi connectivity index (χ0v) is 14.6. The van der Waals surface area contributed by atoms with Gasteiger partial charge in [-0.2, -0.15) is 0 Å². The molecule has 3 aromatic rings. The van der Waals surface area contributed by atoms with Crippen LogP contribution in [0.25, 0.3) is 10.9 Å². The van der Waals surface area contributed by atoms with Gasteiger partial charge in [0.25, 0.3) is 11.2 Å². The van der Waals surface area contributed by atoms with Gasteiger partial charge in [-0.25, -0.2) is 9.37 Å². The van der Waals surface area contributed by atoms with Crippen LogP contribution < -0.4 is 10.9 Å². The summed E-state index contributed by atoms with van der Waals surface area (Å²) in [6.45, 7) is -0.420. The van der Waals surface area contributed by atoms with Crippen molar-refractivity contribution >= 4 is 44.1 Å². The van der Waals surface area contributed by atoms with Gasteiger partial charge < -0.3 is 5.32 Å². The first-order chi connectivity index (χ1) is 12.3. The van der Waals surface area contributed by atoms with Crippen molar-refractivity contribution in [2.24, 2.45) is 0 Å². The van der Waals surface area contributed by atoms with E-state index < -0.39 is 28.8 Å². The SMILES string of the molecule is O=C(Cn1cnc2ccc(Br)cc2c1=O)Nc1cc([N+](=O)[O-])ccc1F. The third kappa shape index (κ3) is 3.59. The van der Waals surface area contributed by atoms with Crippen molar-refractivity contribution in [1.29, 1.82) is 0 Å². The van der Waals surface area contributed by atoms with Crippen LogP contribution in [0.1, 0.15) is 0 Å². The Balaban J connectivity index is 1.86. The van der Waals surface area contributed by atoms with Crippen LogP contribution in [-0.2, 0) is 11.3 Å². The number of fused-ring (bicyclic) bond motifs is 1. The minimum Gasteiger partial charge on any atom is -0.322 e. The summed E-state index contributed by atoms with van der Waals surface area (Å²) in [6.07, 6.45) is 1.21. The fraction of sp³-hybridized carbons (Fsp3) is 0.0625. The number of amides is 1. The van der Waals surface area contributed by atoms with Crippen LogP contribution in [0.3, 0.4) is 0 Å². The van der Waals surface area contributed by atoms with E-state index in [-0.39, 0.29) is 11.4 Å². The number of nitro groups is 1. The molecule has 0 fully saturated rings. The van der Waals surface area contributed by atoms with Crippen molar-refractivity contribution in [3.8, 4) is 0 Å². The van der Waals surface area contributed by atoms with Gasteiger partial charge in [0, 0.05) is 16.6 Å². The molecule has 0 atom stereocenters. The zero-order chi connectivity index (χ0) is 18.8. The average Bonchev–Trinajstić information content (AvgIpc) is 2.59. The number of anilines is 1. The predicted molar refractivity (Wildman–Crippen MR) is 95.4 cm³/mol. The minimum atomic E-state index is -0.822. The number of nitro benzene ring substituents is 1. The number of rotatable bonds is 4. The number of halogens is 2. The fourth-order valence-corrected chi connectivity index (χ4v) is 2.67. The molecule has 0 unspecified atom stereocenters. The normalized spacial score (nSPS) is 10.7. The number of carbonyl (C=O) groups excluding carboxylic acids is 1. The van der Waals surface area contributed by atoms with E-state index in [2.05, 4.69) is 26.2 Å². The molecule has 8 nitrogen and oxygen atoms in total. The number of aromatic nitrogens is 2. The number of benzene rings is 2. The summed E-state index contributed by atoms with van der Waals surface area (Å²) in [5.41, 5.74) is -0.671. The molecule has 3 rings (SSSR count). The Morgan fingerprint density at radius 2 is 2.08 bits per heavy atom. The van der Waals surface area contributed by atoms with Crippen LogP contribution >= 0.6 is 15.9 Å². The van der Waals surface area contributed by atoms with E-state index >= 15 is 0 Å². The molecule has 10 heteroatoms. The highest BCUT2D eigenvalue weighted by Crippen LogP contribution is 2.21. The topological polar surface area (TPSA) is 107 Å². The van der Waals surface area contributed by atoms with E-state index in [4.69, 9.17) is 0 Å². The van der Waals surface area contributed by atoms with Gasteiger partial charge in [0.2, 0.25) is 5.91 Å². The van der Waals surface area contributed by atoms with E-state index in [0.717, 1.165) is 22.8 Å². The molecule has 1 N–H and O–H groups in total. The lowest BCUT2D eigenvalue weighted by Crippen LogP contribution is -2.28. The molecule has 0 bridgehead atoms. The first-order valence-electron chi connectivity index (χ1n) is 7.23. The molecule has 1 heterocycles. The smallest absolute Gasteiger partial charge is 0.271 e. The van der Waals surface area contributed by atoms with Gasteiger partial charge >= 0.3 is 0 Å². The zero-order valence-electron chi connectivity index (χ0n) is 13.0. The maximum atomic E-state index is 13.7. The van der Waals surface area contributed by atoms with Crippen LogP contribution in [0.5, 0.6) is 0 Å². The summed E-state index contributed by atoms with van der Waals surface area (Å²) in [4.78, 5) is 38.7. The van der Waals surface area contributed by atoms with Gasteiger partial charge in [0.05, 0.1) is 27.8 Å². The van der Waals surface area contributed by atoms with Crippen LogP contribution in [0, 0.1) is 15.9 Å². The number of non-ortho nitro benzene ring substituents is 1. The molecule has 1 amide bonds. The summed E-state index contributed by atoms with van der Waals surface area (Å²) in [6, 6.07) is 7.75. The van der Waals surface area contributed by atoms with E-state index in [1.165, 1.54) is 6.33 Å². The average molecular weight is 421 g/mol. The lowest BCUT2D eigenvalue weighted by atomic mass is 10.2. The quantitative estimate of drug-likeness (QED) is 0.515. The Morgan fingerprint density at radius 1 is 1.31 bits per heavy atom. The lowest BCUT2D eigenvalue weighted by Gasteiger charge is -2.09. The second-order valence-corrected chi connectivity index (χ2v) is 6.22. The van der Waals surface area contributed by atoms with Crippen molar-refractivity contribution in [2.75, 3.05) is 5.32 Å². The minimum absolute atomic E-state index is 0.316. The van der Waals surface area contributed by atoms with Crippen molar-refractivity contribution in [1.82, 2.24) is 9.55 Å². The van der Waals surface area contributed by atoms with Gasteiger partial charge in [0.1, 0.15) is 12.4 Å². The van der Waals surface area contributed by atoms with E-state index in [1.54, 1.807) is 18.2 Å². The molecular weight excluding hydrogens is 411 g/mol. The van der Waals surface area contributed by atoms with Crippen molar-refractivity contribution < 1.29 is 14.1 Å². The van der Waals surface area contributed by atoms with Crippen LogP contribution in [-0.4, -0.2) is 20.4 Å². The summed E-state index contributed by atoms with van der Waals surface area (Å²) in [5, 5.41) is 13.3. The second-order valence-electron chi connectivity index (χ2n) is 5.31. The fourth-order valence-electron chi connectivity index (χ4n) is 2.31. The molecule has 0 aliphatic rings. The summed E-state index contributed by atoms with van der Waals surface area (Å²) in [7, 11) is 0. The molecule has 0 radical (unpaired) electrons. The van der Waals surface area contributed by atoms with Crippen LogP contribution in [0.2, 0.25) is 0 Å². The Labute approximate surface area is 153 Å². The maximum Gasteiger partial charge on any atom is 0.271 e. The molecule has 0 aliphatic carbocycles. The Morgan fingerprint density at radius 3 is 2.81 bits per heavy atom. The van der Waals surface area contributed by atoms with Crippen LogP contribution in [0.4, 0.5) is 15.8 Å². The van der Waals surface area contributed by atoms with Gasteiger partial charge in [0.15, 0.2) is 0 Å². The van der Waals surface area contributed by atoms with Crippen molar-refractivity contribution in [3.63, 3.8) is 0 Å². The highest BCUT2D eigenvalue weighted by molar-refractivity contribution is 9.10. The number of carbonyl (C=O) groups is 1. The van der Waals surface area contributed by atoms with Gasteiger partial charge in [-0.1, -0.05) is 15.9 Å². The number of hydrogen-bond donors (Lipinski definition) is 1. The van der Waals surface area contributed by atoms with Gasteiger partial charge in [-0.3, -0.25) is 24.3 Å². The maximum absolute atomic E-state index is 13.7. The molecule has 1 aromatic heterocycles. The highest BCUT2D eigenvalue weighted by Gasteiger charge is 2.14. The summed E-state index contributed by atoms with van der Waals surface area (Å²) in [5.74, 6) is -1.54. The molecule has 0 saturated heterocycles. The molecule has 2 aromatic carbocycles.